The highest BCUT2D eigenvalue weighted by Crippen LogP contribution is 2.72. The summed E-state index contributed by atoms with van der Waals surface area (Å²) in [4.78, 5) is 31.0. The second kappa shape index (κ2) is 27.3. The third-order valence-electron chi connectivity index (χ3n) is 19.1. The van der Waals surface area contributed by atoms with Gasteiger partial charge in [-0.15, -0.1) is 10.2 Å². The summed E-state index contributed by atoms with van der Waals surface area (Å²) in [6.45, 7) is 26.8. The number of aromatic nitrogens is 6. The Labute approximate surface area is 548 Å². The fraction of sp³-hybridized carbons (Fsp3) is 0.472. The Morgan fingerprint density at radius 3 is 2.14 bits per heavy atom. The molecule has 2 unspecified atom stereocenters. The molecule has 0 spiro atoms. The van der Waals surface area contributed by atoms with Crippen molar-refractivity contribution < 1.29 is 28.2 Å². The van der Waals surface area contributed by atoms with E-state index in [0.717, 1.165) is 88.5 Å². The minimum absolute atomic E-state index is 0.0246. The summed E-state index contributed by atoms with van der Waals surface area (Å²) in [5.74, 6) is 1.67. The third kappa shape index (κ3) is 14.6. The predicted octanol–water partition coefficient (Wildman–Crippen LogP) is 15.6. The molecule has 4 aromatic carbocycles. The summed E-state index contributed by atoms with van der Waals surface area (Å²) >= 11 is 1.59. The van der Waals surface area contributed by atoms with Gasteiger partial charge in [-0.05, 0) is 162 Å². The van der Waals surface area contributed by atoms with Crippen LogP contribution >= 0.6 is 11.3 Å². The van der Waals surface area contributed by atoms with Crippen LogP contribution in [0.2, 0.25) is 30.7 Å². The number of fused-ring (bicyclic) bond motifs is 1. The van der Waals surface area contributed by atoms with E-state index < -0.39 is 22.4 Å². The van der Waals surface area contributed by atoms with Crippen LogP contribution in [0.1, 0.15) is 120 Å². The molecular formula is C72H91N11O6SSi2. The van der Waals surface area contributed by atoms with Gasteiger partial charge in [-0.25, -0.2) is 9.78 Å². The standard InChI is InChI=1S/C72H91N11O6SSi2/c1-52-41-63(78-79-65(52)77-67-82(51-86-39-40-91(9,10)11)60-27-19-20-28-61(60)90-67)81(36-22-14-21-35-74-80-73)62-34-33-58(64(76-62)66(84)87-43-54-29-31-55(85-8)32-30-54)59-42-75-83(53(59)2)50-71-45-69(6)44-70(7,46-71)48-72(47-69,49-71)88-37-38-89-92(68(3,4)5,56-23-15-12-16-24-56)57-25-17-13-18-26-57/h12-13,15-20,23-34,41-42H,14,21-22,35-40,43-51H2,1-11H3. The fourth-order valence-corrected chi connectivity index (χ4v) is 22.4. The number of rotatable bonds is 28. The number of carbonyl (C=O) groups excluding carboxylic acids is 1. The van der Waals surface area contributed by atoms with E-state index >= 15 is 0 Å². The minimum atomic E-state index is -2.76. The molecule has 20 heteroatoms. The molecule has 8 aromatic rings. The number of esters is 1. The Kier molecular flexibility index (Phi) is 19.7. The quantitative estimate of drug-likeness (QED) is 0.0113. The molecule has 12 rings (SSSR count). The molecule has 0 N–H and O–H groups in total. The molecular weight excluding hydrogens is 1200 g/mol. The van der Waals surface area contributed by atoms with Gasteiger partial charge in [0.2, 0.25) is 0 Å². The van der Waals surface area contributed by atoms with Crippen LogP contribution in [0, 0.1) is 30.1 Å². The molecule has 92 heavy (non-hydrogen) atoms. The number of pyridine rings is 1. The Morgan fingerprint density at radius 2 is 1.48 bits per heavy atom. The number of methoxy groups -OCH3 is 1. The fourth-order valence-electron chi connectivity index (χ4n) is 16.0. The highest BCUT2D eigenvalue weighted by Gasteiger charge is 2.66. The van der Waals surface area contributed by atoms with E-state index in [0.29, 0.717) is 81.2 Å². The number of para-hydroxylation sites is 1. The number of anilines is 2. The summed E-state index contributed by atoms with van der Waals surface area (Å²) in [7, 11) is -2.42. The van der Waals surface area contributed by atoms with E-state index in [1.54, 1.807) is 18.4 Å². The molecule has 17 nitrogen and oxygen atoms in total. The monoisotopic (exact) mass is 1290 g/mol. The zero-order valence-corrected chi connectivity index (χ0v) is 58.5. The molecule has 0 amide bonds. The highest BCUT2D eigenvalue weighted by atomic mass is 32.1. The van der Waals surface area contributed by atoms with Crippen molar-refractivity contribution in [2.45, 2.75) is 162 Å². The second-order valence-electron chi connectivity index (χ2n) is 29.1. The summed E-state index contributed by atoms with van der Waals surface area (Å²) in [5, 5.41) is 21.0. The van der Waals surface area contributed by atoms with E-state index in [-0.39, 0.29) is 39.2 Å². The number of hydrogen-bond acceptors (Lipinski definition) is 14. The number of unbranched alkanes of at least 4 members (excludes halogenated alkanes) is 2. The number of thiazole rings is 1. The van der Waals surface area contributed by atoms with Crippen LogP contribution in [-0.4, -0.2) is 97.5 Å². The van der Waals surface area contributed by atoms with Crippen LogP contribution in [0.4, 0.5) is 17.5 Å². The van der Waals surface area contributed by atoms with Gasteiger partial charge in [0, 0.05) is 56.0 Å². The molecule has 4 saturated carbocycles. The summed E-state index contributed by atoms with van der Waals surface area (Å²) < 4.78 is 38.0. The maximum Gasteiger partial charge on any atom is 0.358 e. The first-order chi connectivity index (χ1) is 44.0. The van der Waals surface area contributed by atoms with Gasteiger partial charge in [-0.3, -0.25) is 9.25 Å². The largest absolute Gasteiger partial charge is 0.497 e. The van der Waals surface area contributed by atoms with Crippen molar-refractivity contribution in [1.29, 1.82) is 0 Å². The lowest BCUT2D eigenvalue weighted by atomic mass is 9.39. The van der Waals surface area contributed by atoms with Crippen LogP contribution < -0.4 is 24.8 Å². The van der Waals surface area contributed by atoms with E-state index in [9.17, 15) is 4.79 Å². The Morgan fingerprint density at radius 1 is 0.783 bits per heavy atom. The first-order valence-electron chi connectivity index (χ1n) is 32.6. The lowest BCUT2D eigenvalue weighted by Gasteiger charge is -2.69. The molecule has 0 radical (unpaired) electrons. The van der Waals surface area contributed by atoms with Gasteiger partial charge in [0.25, 0.3) is 8.32 Å². The number of ether oxygens (including phenoxy) is 4. The van der Waals surface area contributed by atoms with Crippen molar-refractivity contribution >= 4 is 71.7 Å². The van der Waals surface area contributed by atoms with Gasteiger partial charge < -0.3 is 28.3 Å². The molecule has 4 aliphatic carbocycles. The van der Waals surface area contributed by atoms with Crippen LogP contribution in [0.5, 0.6) is 5.75 Å². The third-order valence-corrected chi connectivity index (χ3v) is 26.9. The molecule has 4 heterocycles. The van der Waals surface area contributed by atoms with Crippen molar-refractivity contribution in [3.05, 3.63) is 171 Å². The Balaban J connectivity index is 0.896. The molecule has 4 aliphatic rings. The van der Waals surface area contributed by atoms with Gasteiger partial charge in [0.1, 0.15) is 24.9 Å². The maximum atomic E-state index is 14.9. The van der Waals surface area contributed by atoms with Crippen molar-refractivity contribution in [1.82, 2.24) is 29.5 Å². The second-order valence-corrected chi connectivity index (χ2v) is 40.1. The smallest absolute Gasteiger partial charge is 0.358 e. The van der Waals surface area contributed by atoms with Crippen molar-refractivity contribution in [3.8, 4) is 16.9 Å². The number of nitrogens with zero attached hydrogens (tertiary/aromatic N) is 11. The first kappa shape index (κ1) is 66.2. The lowest BCUT2D eigenvalue weighted by Crippen LogP contribution is -2.67. The van der Waals surface area contributed by atoms with E-state index in [1.165, 1.54) is 16.8 Å². The molecule has 0 saturated heterocycles. The summed E-state index contributed by atoms with van der Waals surface area (Å²) in [5.41, 5.74) is 14.1. The molecule has 484 valence electrons. The normalized spacial score (nSPS) is 20.6. The van der Waals surface area contributed by atoms with E-state index in [2.05, 4.69) is 153 Å². The van der Waals surface area contributed by atoms with Gasteiger partial charge in [0.15, 0.2) is 22.1 Å². The summed E-state index contributed by atoms with van der Waals surface area (Å²) in [6, 6.07) is 44.4. The van der Waals surface area contributed by atoms with Crippen LogP contribution in [0.15, 0.2) is 144 Å². The van der Waals surface area contributed by atoms with Crippen molar-refractivity contribution in [2.75, 3.05) is 44.9 Å². The average Bonchev–Trinajstić information content (AvgIpc) is 0.778. The average molecular weight is 1290 g/mol. The van der Waals surface area contributed by atoms with E-state index in [4.69, 9.17) is 54.2 Å². The minimum Gasteiger partial charge on any atom is -0.497 e. The first-order valence-corrected chi connectivity index (χ1v) is 39.0. The van der Waals surface area contributed by atoms with Gasteiger partial charge >= 0.3 is 5.97 Å². The number of aryl methyl sites for hydroxylation is 1. The molecule has 4 aromatic heterocycles. The van der Waals surface area contributed by atoms with Crippen molar-refractivity contribution in [3.63, 3.8) is 0 Å². The number of hydrogen-bond donors (Lipinski definition) is 0. The Hall–Kier alpha value is -7.30. The van der Waals surface area contributed by atoms with Crippen LogP contribution in [0.3, 0.4) is 0 Å². The topological polar surface area (TPSA) is 189 Å². The van der Waals surface area contributed by atoms with Gasteiger partial charge in [-0.2, -0.15) is 10.1 Å². The van der Waals surface area contributed by atoms with Gasteiger partial charge in [-0.1, -0.05) is 162 Å². The van der Waals surface area contributed by atoms with Gasteiger partial charge in [0.05, 0.1) is 42.3 Å². The number of benzene rings is 4. The lowest BCUT2D eigenvalue weighted by molar-refractivity contribution is -0.249. The molecule has 2 atom stereocenters. The van der Waals surface area contributed by atoms with Crippen molar-refractivity contribution in [2.24, 2.45) is 26.4 Å². The number of carbonyl (C=O) groups is 1. The van der Waals surface area contributed by atoms with Crippen LogP contribution in [-0.2, 0) is 38.5 Å². The van der Waals surface area contributed by atoms with Crippen LogP contribution in [0.25, 0.3) is 31.8 Å². The zero-order chi connectivity index (χ0) is 64.9. The number of azide groups is 1. The molecule has 4 bridgehead atoms. The molecule has 4 fully saturated rings. The highest BCUT2D eigenvalue weighted by molar-refractivity contribution is 7.16. The summed E-state index contributed by atoms with van der Waals surface area (Å²) in [6.07, 6.45) is 10.4. The van der Waals surface area contributed by atoms with E-state index in [1.807, 2.05) is 72.6 Å². The SMILES string of the molecule is COc1ccc(COC(=O)c2nc(N(CCCCCN=[N+]=[N-])c3cc(C)c(N=c4sc5ccccc5n4COCC[Si](C)(C)C)nn3)ccc2-c2cnn(CC34CC5(C)CC(C)(C3)CC(OCCO[Si](c3ccccc3)(c3ccccc3)C(C)(C)C)(C5)C4)c2C)cc1. The predicted molar refractivity (Wildman–Crippen MR) is 372 cm³/mol. The zero-order valence-electron chi connectivity index (χ0n) is 55.7. The molecule has 0 aliphatic heterocycles. The maximum absolute atomic E-state index is 14.9. The Bertz CT molecular complexity index is 3950.